The molecule has 4 heteroatoms. The molecular formula is C19H18BrNO2. The molecule has 118 valence electrons. The molecule has 6 rings (SSSR count). The predicted octanol–water partition coefficient (Wildman–Crippen LogP) is 3.62. The Balaban J connectivity index is 1.63. The number of rotatable bonds is 1. The van der Waals surface area contributed by atoms with Crippen LogP contribution in [0.4, 0.5) is 5.69 Å². The summed E-state index contributed by atoms with van der Waals surface area (Å²) in [5.74, 6) is 1.67. The normalized spacial score (nSPS) is 39.7. The van der Waals surface area contributed by atoms with Crippen LogP contribution in [-0.4, -0.2) is 11.8 Å². The molecule has 6 atom stereocenters. The summed E-state index contributed by atoms with van der Waals surface area (Å²) in [5, 5.41) is 0. The van der Waals surface area contributed by atoms with E-state index < -0.39 is 0 Å². The minimum absolute atomic E-state index is 0.0261. The first-order valence-corrected chi connectivity index (χ1v) is 9.11. The van der Waals surface area contributed by atoms with Crippen molar-refractivity contribution in [2.24, 2.45) is 35.5 Å². The number of nitrogens with zero attached hydrogens (tertiary/aromatic N) is 1. The highest BCUT2D eigenvalue weighted by molar-refractivity contribution is 9.10. The summed E-state index contributed by atoms with van der Waals surface area (Å²) in [7, 11) is 0. The Morgan fingerprint density at radius 1 is 0.957 bits per heavy atom. The van der Waals surface area contributed by atoms with Gasteiger partial charge in [-0.15, -0.1) is 0 Å². The van der Waals surface area contributed by atoms with Crippen LogP contribution >= 0.6 is 15.9 Å². The van der Waals surface area contributed by atoms with Crippen molar-refractivity contribution in [3.8, 4) is 0 Å². The lowest BCUT2D eigenvalue weighted by molar-refractivity contribution is -0.124. The first-order chi connectivity index (χ1) is 11.0. The van der Waals surface area contributed by atoms with E-state index in [2.05, 4.69) is 28.1 Å². The van der Waals surface area contributed by atoms with Crippen molar-refractivity contribution in [2.75, 3.05) is 4.90 Å². The van der Waals surface area contributed by atoms with Crippen LogP contribution < -0.4 is 4.90 Å². The summed E-state index contributed by atoms with van der Waals surface area (Å²) in [4.78, 5) is 27.8. The van der Waals surface area contributed by atoms with Crippen LogP contribution in [0.1, 0.15) is 17.5 Å². The standard InChI is InChI=1S/C19H18BrNO2/c1-8-5-10(20)6-9(2)17(8)21-18(22)15-11-3-4-12(14-7-13(11)14)16(15)19(21)23/h3-6,11-16H,7H2,1-2H3/t11-,12-,13-,14+,15+,16+/m0/s1. The summed E-state index contributed by atoms with van der Waals surface area (Å²) in [6.07, 6.45) is 5.64. The van der Waals surface area contributed by atoms with Crippen molar-refractivity contribution in [2.45, 2.75) is 20.3 Å². The number of carbonyl (C=O) groups excluding carboxylic acids is 2. The maximum Gasteiger partial charge on any atom is 0.238 e. The topological polar surface area (TPSA) is 37.4 Å². The fraction of sp³-hybridized carbons (Fsp3) is 0.474. The van der Waals surface area contributed by atoms with Gasteiger partial charge in [0.2, 0.25) is 11.8 Å². The van der Waals surface area contributed by atoms with E-state index in [1.165, 1.54) is 11.3 Å². The van der Waals surface area contributed by atoms with Gasteiger partial charge in [0.05, 0.1) is 17.5 Å². The van der Waals surface area contributed by atoms with Crippen LogP contribution in [0.2, 0.25) is 0 Å². The number of benzene rings is 1. The van der Waals surface area contributed by atoms with E-state index in [0.717, 1.165) is 21.3 Å². The van der Waals surface area contributed by atoms with Gasteiger partial charge in [-0.2, -0.15) is 0 Å². The SMILES string of the molecule is Cc1cc(Br)cc(C)c1N1C(=O)[C@@H]2[C@H]3C=C[C@@H]([C@@H]4C[C@H]34)[C@H]2C1=O. The molecule has 1 aromatic carbocycles. The van der Waals surface area contributed by atoms with Crippen molar-refractivity contribution in [1.29, 1.82) is 0 Å². The summed E-state index contributed by atoms with van der Waals surface area (Å²) in [5.41, 5.74) is 2.75. The van der Waals surface area contributed by atoms with E-state index in [0.29, 0.717) is 11.8 Å². The first kappa shape index (κ1) is 14.0. The van der Waals surface area contributed by atoms with Crippen molar-refractivity contribution >= 4 is 33.4 Å². The average Bonchev–Trinajstić information content (AvgIpc) is 3.26. The predicted molar refractivity (Wildman–Crippen MR) is 90.8 cm³/mol. The second kappa shape index (κ2) is 4.35. The van der Waals surface area contributed by atoms with Gasteiger partial charge in [-0.05, 0) is 67.2 Å². The Labute approximate surface area is 143 Å². The lowest BCUT2D eigenvalue weighted by Crippen LogP contribution is -2.40. The van der Waals surface area contributed by atoms with Gasteiger partial charge in [0.15, 0.2) is 0 Å². The first-order valence-electron chi connectivity index (χ1n) is 8.32. The molecule has 1 aromatic rings. The largest absolute Gasteiger partial charge is 0.274 e. The number of aryl methyl sites for hydroxylation is 2. The molecule has 1 aliphatic heterocycles. The maximum atomic E-state index is 13.2. The van der Waals surface area contributed by atoms with E-state index >= 15 is 0 Å². The molecule has 4 aliphatic carbocycles. The Kier molecular flexibility index (Phi) is 2.64. The fourth-order valence-corrected chi connectivity index (χ4v) is 6.12. The van der Waals surface area contributed by atoms with E-state index in [4.69, 9.17) is 0 Å². The van der Waals surface area contributed by atoms with Crippen LogP contribution in [0.25, 0.3) is 0 Å². The number of hydrogen-bond acceptors (Lipinski definition) is 2. The zero-order chi connectivity index (χ0) is 16.0. The monoisotopic (exact) mass is 371 g/mol. The lowest BCUT2D eigenvalue weighted by Gasteiger charge is -2.37. The van der Waals surface area contributed by atoms with Crippen LogP contribution in [-0.2, 0) is 9.59 Å². The number of hydrogen-bond donors (Lipinski definition) is 0. The summed E-state index contributed by atoms with van der Waals surface area (Å²) in [6, 6.07) is 3.96. The third-order valence-electron chi connectivity index (χ3n) is 6.34. The molecule has 0 N–H and O–H groups in total. The Bertz CT molecular complexity index is 740. The number of allylic oxidation sites excluding steroid dienone is 2. The molecule has 0 unspecified atom stereocenters. The number of amides is 2. The van der Waals surface area contributed by atoms with Gasteiger partial charge in [-0.1, -0.05) is 28.1 Å². The van der Waals surface area contributed by atoms with Gasteiger partial charge in [0.25, 0.3) is 0 Å². The zero-order valence-electron chi connectivity index (χ0n) is 13.1. The zero-order valence-corrected chi connectivity index (χ0v) is 14.7. The van der Waals surface area contributed by atoms with Crippen molar-refractivity contribution < 1.29 is 9.59 Å². The molecule has 3 fully saturated rings. The minimum atomic E-state index is -0.122. The fourth-order valence-electron chi connectivity index (χ4n) is 5.43. The Morgan fingerprint density at radius 3 is 1.91 bits per heavy atom. The van der Waals surface area contributed by atoms with Crippen molar-refractivity contribution in [1.82, 2.24) is 0 Å². The molecule has 2 saturated carbocycles. The van der Waals surface area contributed by atoms with Crippen LogP contribution in [0.3, 0.4) is 0 Å². The molecule has 0 aromatic heterocycles. The van der Waals surface area contributed by atoms with E-state index in [1.54, 1.807) is 0 Å². The molecule has 2 amide bonds. The molecule has 0 radical (unpaired) electrons. The van der Waals surface area contributed by atoms with E-state index in [-0.39, 0.29) is 35.5 Å². The molecule has 23 heavy (non-hydrogen) atoms. The molecular weight excluding hydrogens is 354 g/mol. The summed E-state index contributed by atoms with van der Waals surface area (Å²) >= 11 is 3.49. The third-order valence-corrected chi connectivity index (χ3v) is 6.80. The quantitative estimate of drug-likeness (QED) is 0.558. The molecule has 0 spiro atoms. The van der Waals surface area contributed by atoms with Crippen molar-refractivity contribution in [3.05, 3.63) is 39.9 Å². The van der Waals surface area contributed by atoms with Gasteiger partial charge < -0.3 is 0 Å². The lowest BCUT2D eigenvalue weighted by atomic mass is 9.63. The highest BCUT2D eigenvalue weighted by Gasteiger charge is 2.67. The molecule has 1 heterocycles. The van der Waals surface area contributed by atoms with Gasteiger partial charge in [-0.25, -0.2) is 4.90 Å². The minimum Gasteiger partial charge on any atom is -0.274 e. The third kappa shape index (κ3) is 1.65. The van der Waals surface area contributed by atoms with Gasteiger partial charge in [0, 0.05) is 4.47 Å². The highest BCUT2D eigenvalue weighted by atomic mass is 79.9. The van der Waals surface area contributed by atoms with Crippen LogP contribution in [0, 0.1) is 49.4 Å². The maximum absolute atomic E-state index is 13.2. The molecule has 1 saturated heterocycles. The van der Waals surface area contributed by atoms with Gasteiger partial charge >= 0.3 is 0 Å². The number of anilines is 1. The summed E-state index contributed by atoms with van der Waals surface area (Å²) < 4.78 is 0.982. The highest BCUT2D eigenvalue weighted by Crippen LogP contribution is 2.65. The van der Waals surface area contributed by atoms with Gasteiger partial charge in [0.1, 0.15) is 0 Å². The van der Waals surface area contributed by atoms with Crippen LogP contribution in [0.5, 0.6) is 0 Å². The second-order valence-electron chi connectivity index (χ2n) is 7.55. The Morgan fingerprint density at radius 2 is 1.43 bits per heavy atom. The van der Waals surface area contributed by atoms with E-state index in [9.17, 15) is 9.59 Å². The molecule has 2 bridgehead atoms. The van der Waals surface area contributed by atoms with Gasteiger partial charge in [-0.3, -0.25) is 9.59 Å². The number of imide groups is 1. The summed E-state index contributed by atoms with van der Waals surface area (Å²) in [6.45, 7) is 3.94. The second-order valence-corrected chi connectivity index (χ2v) is 8.47. The Hall–Kier alpha value is -1.42. The smallest absolute Gasteiger partial charge is 0.238 e. The van der Waals surface area contributed by atoms with Crippen molar-refractivity contribution in [3.63, 3.8) is 0 Å². The van der Waals surface area contributed by atoms with Crippen LogP contribution in [0.15, 0.2) is 28.8 Å². The number of halogens is 1. The molecule has 5 aliphatic rings. The van der Waals surface area contributed by atoms with E-state index in [1.807, 2.05) is 26.0 Å². The number of carbonyl (C=O) groups is 2. The average molecular weight is 372 g/mol. The molecule has 3 nitrogen and oxygen atoms in total.